The Morgan fingerprint density at radius 1 is 0.525 bits per heavy atom. The maximum atomic E-state index is 10.1. The van der Waals surface area contributed by atoms with Crippen molar-refractivity contribution < 1.29 is 29.2 Å². The molecular formula is C32H52N2O6. The van der Waals surface area contributed by atoms with E-state index in [0.717, 1.165) is 50.0 Å². The Kier molecular flexibility index (Phi) is 17.2. The highest BCUT2D eigenvalue weighted by atomic mass is 16.5. The monoisotopic (exact) mass is 560 g/mol. The molecule has 0 bridgehead atoms. The molecule has 226 valence electrons. The highest BCUT2D eigenvalue weighted by molar-refractivity contribution is 5.40. The minimum atomic E-state index is -0.569. The van der Waals surface area contributed by atoms with Gasteiger partial charge in [-0.1, -0.05) is 77.6 Å². The first-order valence-corrected chi connectivity index (χ1v) is 14.9. The normalized spacial score (nSPS) is 12.9. The van der Waals surface area contributed by atoms with Crippen molar-refractivity contribution in [3.8, 4) is 23.0 Å². The molecule has 0 aliphatic carbocycles. The predicted octanol–water partition coefficient (Wildman–Crippen LogP) is 4.96. The molecule has 8 heteroatoms. The molecule has 0 unspecified atom stereocenters. The third-order valence-corrected chi connectivity index (χ3v) is 6.14. The van der Waals surface area contributed by atoms with Crippen molar-refractivity contribution in [2.24, 2.45) is 0 Å². The van der Waals surface area contributed by atoms with Crippen molar-refractivity contribution in [2.75, 3.05) is 39.5 Å². The van der Waals surface area contributed by atoms with Gasteiger partial charge in [0.15, 0.2) is 23.0 Å². The number of unbranched alkanes of at least 4 members (excludes halogenated alkanes) is 5. The first-order chi connectivity index (χ1) is 19.3. The van der Waals surface area contributed by atoms with Gasteiger partial charge in [0.1, 0.15) is 25.4 Å². The number of aliphatic hydroxyl groups excluding tert-OH is 2. The van der Waals surface area contributed by atoms with E-state index in [-0.39, 0.29) is 13.2 Å². The number of nitrogens with one attached hydrogen (secondary N) is 2. The highest BCUT2D eigenvalue weighted by Gasteiger charge is 2.11. The summed E-state index contributed by atoms with van der Waals surface area (Å²) in [5.41, 5.74) is 0. The lowest BCUT2D eigenvalue weighted by Crippen LogP contribution is -2.35. The van der Waals surface area contributed by atoms with Crippen LogP contribution in [0.4, 0.5) is 0 Å². The Labute approximate surface area is 241 Å². The maximum Gasteiger partial charge on any atom is 0.161 e. The van der Waals surface area contributed by atoms with Crippen LogP contribution < -0.4 is 29.6 Å². The van der Waals surface area contributed by atoms with Crippen LogP contribution in [0.25, 0.3) is 0 Å². The predicted molar refractivity (Wildman–Crippen MR) is 161 cm³/mol. The fraction of sp³-hybridized carbons (Fsp3) is 0.625. The number of para-hydroxylation sites is 4. The van der Waals surface area contributed by atoms with Gasteiger partial charge in [-0.05, 0) is 37.1 Å². The maximum absolute atomic E-state index is 10.1. The molecule has 0 spiro atoms. The number of hydrogen-bond acceptors (Lipinski definition) is 8. The molecule has 0 aliphatic heterocycles. The Morgan fingerprint density at radius 2 is 0.850 bits per heavy atom. The van der Waals surface area contributed by atoms with E-state index in [0.29, 0.717) is 49.9 Å². The minimum Gasteiger partial charge on any atom is -0.490 e. The summed E-state index contributed by atoms with van der Waals surface area (Å²) in [6.07, 6.45) is 5.34. The summed E-state index contributed by atoms with van der Waals surface area (Å²) in [5, 5.41) is 26.6. The van der Waals surface area contributed by atoms with Crippen LogP contribution in [-0.4, -0.2) is 74.0 Å². The molecule has 0 aromatic heterocycles. The molecule has 0 aliphatic rings. The highest BCUT2D eigenvalue weighted by Crippen LogP contribution is 2.28. The van der Waals surface area contributed by atoms with Crippen LogP contribution in [0.1, 0.15) is 66.2 Å². The first kappa shape index (κ1) is 33.7. The third-order valence-electron chi connectivity index (χ3n) is 6.14. The van der Waals surface area contributed by atoms with Crippen molar-refractivity contribution in [1.29, 1.82) is 0 Å². The molecule has 2 aromatic rings. The fourth-order valence-electron chi connectivity index (χ4n) is 3.89. The molecule has 8 nitrogen and oxygen atoms in total. The molecule has 2 aromatic carbocycles. The van der Waals surface area contributed by atoms with Gasteiger partial charge in [0.2, 0.25) is 0 Å². The van der Waals surface area contributed by atoms with Gasteiger partial charge >= 0.3 is 0 Å². The molecule has 0 radical (unpaired) electrons. The quantitative estimate of drug-likeness (QED) is 0.142. The molecule has 0 saturated heterocycles. The SMILES string of the molecule is CC(C)NC[C@@H](O)COc1ccccc1OCCCCCCCCOc1ccccc1OC[C@@H](O)CNC(C)C. The lowest BCUT2D eigenvalue weighted by atomic mass is 10.1. The van der Waals surface area contributed by atoms with Crippen LogP contribution in [0.2, 0.25) is 0 Å². The molecule has 0 fully saturated rings. The van der Waals surface area contributed by atoms with Gasteiger partial charge < -0.3 is 39.8 Å². The van der Waals surface area contributed by atoms with Crippen molar-refractivity contribution in [1.82, 2.24) is 10.6 Å². The van der Waals surface area contributed by atoms with Crippen LogP contribution in [0.15, 0.2) is 48.5 Å². The number of ether oxygens (including phenoxy) is 4. The molecular weight excluding hydrogens is 508 g/mol. The Bertz CT molecular complexity index is 837. The van der Waals surface area contributed by atoms with E-state index in [9.17, 15) is 10.2 Å². The van der Waals surface area contributed by atoms with E-state index in [2.05, 4.69) is 10.6 Å². The topological polar surface area (TPSA) is 101 Å². The first-order valence-electron chi connectivity index (χ1n) is 14.9. The molecule has 2 atom stereocenters. The van der Waals surface area contributed by atoms with Gasteiger partial charge in [-0.3, -0.25) is 0 Å². The second-order valence-electron chi connectivity index (χ2n) is 10.8. The van der Waals surface area contributed by atoms with Gasteiger partial charge in [0.05, 0.1) is 13.2 Å². The van der Waals surface area contributed by atoms with E-state index in [1.807, 2.05) is 76.2 Å². The van der Waals surface area contributed by atoms with Gasteiger partial charge in [-0.15, -0.1) is 0 Å². The molecule has 40 heavy (non-hydrogen) atoms. The van der Waals surface area contributed by atoms with Gasteiger partial charge in [-0.25, -0.2) is 0 Å². The van der Waals surface area contributed by atoms with Gasteiger partial charge in [0.25, 0.3) is 0 Å². The zero-order valence-corrected chi connectivity index (χ0v) is 24.9. The molecule has 2 rings (SSSR count). The number of rotatable bonds is 23. The van der Waals surface area contributed by atoms with Crippen LogP contribution >= 0.6 is 0 Å². The fourth-order valence-corrected chi connectivity index (χ4v) is 3.89. The second-order valence-corrected chi connectivity index (χ2v) is 10.8. The van der Waals surface area contributed by atoms with E-state index in [1.54, 1.807) is 0 Å². The van der Waals surface area contributed by atoms with E-state index in [1.165, 1.54) is 0 Å². The Morgan fingerprint density at radius 3 is 1.20 bits per heavy atom. The van der Waals surface area contributed by atoms with Crippen molar-refractivity contribution in [3.05, 3.63) is 48.5 Å². The summed E-state index contributed by atoms with van der Waals surface area (Å²) < 4.78 is 23.5. The average molecular weight is 561 g/mol. The summed E-state index contributed by atoms with van der Waals surface area (Å²) in [5.74, 6) is 2.76. The largest absolute Gasteiger partial charge is 0.490 e. The lowest BCUT2D eigenvalue weighted by Gasteiger charge is -2.17. The van der Waals surface area contributed by atoms with Crippen LogP contribution in [0.5, 0.6) is 23.0 Å². The van der Waals surface area contributed by atoms with Gasteiger partial charge in [0, 0.05) is 25.2 Å². The van der Waals surface area contributed by atoms with Crippen molar-refractivity contribution in [2.45, 2.75) is 90.5 Å². The van der Waals surface area contributed by atoms with Crippen molar-refractivity contribution in [3.63, 3.8) is 0 Å². The molecule has 0 amide bonds. The number of aliphatic hydroxyl groups is 2. The van der Waals surface area contributed by atoms with E-state index >= 15 is 0 Å². The van der Waals surface area contributed by atoms with Gasteiger partial charge in [-0.2, -0.15) is 0 Å². The molecule has 0 heterocycles. The summed E-state index contributed by atoms with van der Waals surface area (Å²) in [6.45, 7) is 10.9. The Balaban J connectivity index is 1.54. The zero-order chi connectivity index (χ0) is 29.0. The van der Waals surface area contributed by atoms with E-state index < -0.39 is 12.2 Å². The summed E-state index contributed by atoms with van der Waals surface area (Å²) in [6, 6.07) is 15.9. The minimum absolute atomic E-state index is 0.224. The summed E-state index contributed by atoms with van der Waals surface area (Å²) >= 11 is 0. The Hall–Kier alpha value is -2.52. The standard InChI is InChI=1S/C32H52N2O6/c1-25(2)33-21-27(35)23-39-31-17-11-9-15-29(31)37-19-13-7-5-6-8-14-20-38-30-16-10-12-18-32(30)40-24-28(36)22-34-26(3)4/h9-12,15-18,25-28,33-36H,5-8,13-14,19-24H2,1-4H3/t27-,28+. The zero-order valence-electron chi connectivity index (χ0n) is 24.9. The van der Waals surface area contributed by atoms with Crippen LogP contribution in [-0.2, 0) is 0 Å². The van der Waals surface area contributed by atoms with Crippen molar-refractivity contribution >= 4 is 0 Å². The van der Waals surface area contributed by atoms with Crippen LogP contribution in [0.3, 0.4) is 0 Å². The number of hydrogen-bond donors (Lipinski definition) is 4. The van der Waals surface area contributed by atoms with Crippen LogP contribution in [0, 0.1) is 0 Å². The molecule has 4 N–H and O–H groups in total. The smallest absolute Gasteiger partial charge is 0.161 e. The average Bonchev–Trinajstić information content (AvgIpc) is 2.94. The summed E-state index contributed by atoms with van der Waals surface area (Å²) in [4.78, 5) is 0. The summed E-state index contributed by atoms with van der Waals surface area (Å²) in [7, 11) is 0. The van der Waals surface area contributed by atoms with E-state index in [4.69, 9.17) is 18.9 Å². The number of benzene rings is 2. The molecule has 0 saturated carbocycles. The third kappa shape index (κ3) is 15.3. The second kappa shape index (κ2) is 20.4. The lowest BCUT2D eigenvalue weighted by molar-refractivity contribution is 0.102.